The average molecular weight is 411 g/mol. The van der Waals surface area contributed by atoms with E-state index in [4.69, 9.17) is 4.74 Å². The van der Waals surface area contributed by atoms with Crippen molar-refractivity contribution in [1.29, 1.82) is 0 Å². The summed E-state index contributed by atoms with van der Waals surface area (Å²) in [5.41, 5.74) is 3.81. The number of rotatable bonds is 7. The standard InChI is InChI=1S/C27H40NO2/c1-21-13-15-28(16-14-21,18-23-9-7-6-8-10-23)19-24(29)20-30-26-12-11-22(2)17-25(26)27(3,4)5/h6-12,17,21,24,29H,13-16,18-20H2,1-5H3/q+1/t21?,24-,28?/m1/s1. The lowest BCUT2D eigenvalue weighted by molar-refractivity contribution is -0.948. The van der Waals surface area contributed by atoms with Crippen molar-refractivity contribution in [3.8, 4) is 5.75 Å². The summed E-state index contributed by atoms with van der Waals surface area (Å²) in [6.45, 7) is 15.4. The molecule has 0 amide bonds. The van der Waals surface area contributed by atoms with Gasteiger partial charge in [-0.25, -0.2) is 0 Å². The van der Waals surface area contributed by atoms with Gasteiger partial charge in [-0.1, -0.05) is 75.7 Å². The van der Waals surface area contributed by atoms with Gasteiger partial charge in [0.25, 0.3) is 0 Å². The molecule has 1 N–H and O–H groups in total. The third kappa shape index (κ3) is 6.09. The van der Waals surface area contributed by atoms with Gasteiger partial charge in [0.05, 0.1) is 13.1 Å². The van der Waals surface area contributed by atoms with E-state index in [9.17, 15) is 5.11 Å². The number of hydrogen-bond acceptors (Lipinski definition) is 2. The van der Waals surface area contributed by atoms with Gasteiger partial charge in [-0.3, -0.25) is 0 Å². The fraction of sp³-hybridized carbons (Fsp3) is 0.556. The Labute approximate surface area is 183 Å². The molecule has 1 fully saturated rings. The molecule has 1 aliphatic rings. The molecule has 1 aliphatic heterocycles. The zero-order valence-electron chi connectivity index (χ0n) is 19.5. The first kappa shape index (κ1) is 22.8. The summed E-state index contributed by atoms with van der Waals surface area (Å²) in [5, 5.41) is 11.0. The van der Waals surface area contributed by atoms with Crippen LogP contribution in [0.3, 0.4) is 0 Å². The fourth-order valence-electron chi connectivity index (χ4n) is 4.66. The van der Waals surface area contributed by atoms with Crippen LogP contribution in [0.4, 0.5) is 0 Å². The van der Waals surface area contributed by atoms with Crippen molar-refractivity contribution < 1.29 is 14.3 Å². The molecule has 2 aromatic rings. The molecule has 3 heteroatoms. The van der Waals surface area contributed by atoms with Crippen LogP contribution in [0, 0.1) is 12.8 Å². The Hall–Kier alpha value is -1.84. The highest BCUT2D eigenvalue weighted by Gasteiger charge is 2.35. The van der Waals surface area contributed by atoms with Gasteiger partial charge in [-0.15, -0.1) is 0 Å². The lowest BCUT2D eigenvalue weighted by Crippen LogP contribution is -2.56. The first-order chi connectivity index (χ1) is 14.2. The molecule has 3 nitrogen and oxygen atoms in total. The second kappa shape index (κ2) is 9.53. The van der Waals surface area contributed by atoms with Crippen LogP contribution in [-0.2, 0) is 12.0 Å². The number of piperidine rings is 1. The van der Waals surface area contributed by atoms with Gasteiger partial charge in [0.15, 0.2) is 0 Å². The van der Waals surface area contributed by atoms with Crippen LogP contribution in [0.25, 0.3) is 0 Å². The van der Waals surface area contributed by atoms with Crippen molar-refractivity contribution >= 4 is 0 Å². The smallest absolute Gasteiger partial charge is 0.137 e. The minimum absolute atomic E-state index is 0.0103. The van der Waals surface area contributed by atoms with Crippen LogP contribution in [0.5, 0.6) is 5.75 Å². The first-order valence-corrected chi connectivity index (χ1v) is 11.5. The minimum atomic E-state index is -0.476. The van der Waals surface area contributed by atoms with E-state index < -0.39 is 6.10 Å². The van der Waals surface area contributed by atoms with Gasteiger partial charge in [-0.05, 0) is 42.7 Å². The Morgan fingerprint density at radius 2 is 1.73 bits per heavy atom. The third-order valence-electron chi connectivity index (χ3n) is 6.53. The third-order valence-corrected chi connectivity index (χ3v) is 6.53. The SMILES string of the molecule is Cc1ccc(OC[C@H](O)C[N+]2(Cc3ccccc3)CCC(C)CC2)c(C(C)(C)C)c1. The van der Waals surface area contributed by atoms with Crippen LogP contribution in [0.15, 0.2) is 48.5 Å². The zero-order valence-corrected chi connectivity index (χ0v) is 19.5. The summed E-state index contributed by atoms with van der Waals surface area (Å²) in [6.07, 6.45) is 1.98. The molecule has 0 saturated carbocycles. The molecule has 0 spiro atoms. The van der Waals surface area contributed by atoms with Crippen molar-refractivity contribution in [1.82, 2.24) is 0 Å². The molecule has 1 heterocycles. The molecule has 1 atom stereocenters. The average Bonchev–Trinajstić information content (AvgIpc) is 2.69. The summed E-state index contributed by atoms with van der Waals surface area (Å²) in [4.78, 5) is 0. The number of nitrogens with zero attached hydrogens (tertiary/aromatic N) is 1. The van der Waals surface area contributed by atoms with Crippen LogP contribution in [0.1, 0.15) is 57.2 Å². The van der Waals surface area contributed by atoms with E-state index >= 15 is 0 Å². The highest BCUT2D eigenvalue weighted by molar-refractivity contribution is 5.41. The Bertz CT molecular complexity index is 801. The van der Waals surface area contributed by atoms with E-state index in [1.165, 1.54) is 29.5 Å². The van der Waals surface area contributed by atoms with Gasteiger partial charge in [0.2, 0.25) is 0 Å². The van der Waals surface area contributed by atoms with Gasteiger partial charge >= 0.3 is 0 Å². The molecule has 0 aromatic heterocycles. The molecular formula is C27H40NO2+. The van der Waals surface area contributed by atoms with Gasteiger partial charge in [-0.2, -0.15) is 0 Å². The van der Waals surface area contributed by atoms with Gasteiger partial charge in [0.1, 0.15) is 31.5 Å². The largest absolute Gasteiger partial charge is 0.490 e. The zero-order chi connectivity index (χ0) is 21.8. The first-order valence-electron chi connectivity index (χ1n) is 11.5. The summed E-state index contributed by atoms with van der Waals surface area (Å²) >= 11 is 0. The van der Waals surface area contributed by atoms with E-state index in [0.717, 1.165) is 42.3 Å². The molecule has 0 unspecified atom stereocenters. The van der Waals surface area contributed by atoms with E-state index in [1.807, 2.05) is 0 Å². The Balaban J connectivity index is 1.69. The lowest BCUT2D eigenvalue weighted by Gasteiger charge is -2.44. The van der Waals surface area contributed by atoms with Crippen molar-refractivity contribution in [2.75, 3.05) is 26.2 Å². The molecule has 30 heavy (non-hydrogen) atoms. The molecule has 2 aromatic carbocycles. The van der Waals surface area contributed by atoms with Crippen LogP contribution < -0.4 is 4.74 Å². The molecule has 1 saturated heterocycles. The molecule has 3 rings (SSSR count). The number of aliphatic hydroxyl groups is 1. The number of likely N-dealkylation sites (tertiary alicyclic amines) is 1. The van der Waals surface area contributed by atoms with Gasteiger partial charge in [0, 0.05) is 5.56 Å². The number of benzene rings is 2. The Morgan fingerprint density at radius 1 is 1.07 bits per heavy atom. The predicted octanol–water partition coefficient (Wildman–Crippen LogP) is 5.48. The second-order valence-corrected chi connectivity index (χ2v) is 10.5. The second-order valence-electron chi connectivity index (χ2n) is 10.5. The summed E-state index contributed by atoms with van der Waals surface area (Å²) < 4.78 is 7.14. The fourth-order valence-corrected chi connectivity index (χ4v) is 4.66. The van der Waals surface area contributed by atoms with Crippen LogP contribution in [0.2, 0.25) is 0 Å². The van der Waals surface area contributed by atoms with E-state index in [0.29, 0.717) is 6.61 Å². The molecule has 0 radical (unpaired) electrons. The van der Waals surface area contributed by atoms with E-state index in [2.05, 4.69) is 83.1 Å². The van der Waals surface area contributed by atoms with E-state index in [-0.39, 0.29) is 5.41 Å². The van der Waals surface area contributed by atoms with Crippen LogP contribution in [-0.4, -0.2) is 41.9 Å². The van der Waals surface area contributed by atoms with Crippen molar-refractivity contribution in [2.45, 2.75) is 65.5 Å². The molecular weight excluding hydrogens is 370 g/mol. The number of aryl methyl sites for hydroxylation is 1. The highest BCUT2D eigenvalue weighted by atomic mass is 16.5. The van der Waals surface area contributed by atoms with E-state index in [1.54, 1.807) is 0 Å². The molecule has 164 valence electrons. The lowest BCUT2D eigenvalue weighted by atomic mass is 9.85. The normalized spacial score (nSPS) is 23.2. The maximum Gasteiger partial charge on any atom is 0.137 e. The Kier molecular flexibility index (Phi) is 7.26. The summed E-state index contributed by atoms with van der Waals surface area (Å²) in [6, 6.07) is 17.1. The summed E-state index contributed by atoms with van der Waals surface area (Å²) in [5.74, 6) is 1.68. The monoisotopic (exact) mass is 410 g/mol. The summed E-state index contributed by atoms with van der Waals surface area (Å²) in [7, 11) is 0. The number of hydrogen-bond donors (Lipinski definition) is 1. The highest BCUT2D eigenvalue weighted by Crippen LogP contribution is 2.32. The molecule has 0 aliphatic carbocycles. The quantitative estimate of drug-likeness (QED) is 0.613. The number of aliphatic hydroxyl groups excluding tert-OH is 1. The van der Waals surface area contributed by atoms with Crippen molar-refractivity contribution in [3.05, 3.63) is 65.2 Å². The Morgan fingerprint density at radius 3 is 2.37 bits per heavy atom. The minimum Gasteiger partial charge on any atom is -0.490 e. The van der Waals surface area contributed by atoms with Crippen molar-refractivity contribution in [2.24, 2.45) is 5.92 Å². The topological polar surface area (TPSA) is 29.5 Å². The van der Waals surface area contributed by atoms with Gasteiger partial charge < -0.3 is 14.3 Å². The van der Waals surface area contributed by atoms with Crippen LogP contribution >= 0.6 is 0 Å². The predicted molar refractivity (Wildman–Crippen MR) is 125 cm³/mol. The number of quaternary nitrogens is 1. The van der Waals surface area contributed by atoms with Crippen molar-refractivity contribution in [3.63, 3.8) is 0 Å². The number of ether oxygens (including phenoxy) is 1. The molecule has 0 bridgehead atoms. The maximum absolute atomic E-state index is 11.0. The maximum atomic E-state index is 11.0.